The van der Waals surface area contributed by atoms with Crippen molar-refractivity contribution in [2.24, 2.45) is 0 Å². The Kier molecular flexibility index (Phi) is 5.81. The van der Waals surface area contributed by atoms with Crippen molar-refractivity contribution < 1.29 is 14.3 Å². The van der Waals surface area contributed by atoms with Gasteiger partial charge in [0.25, 0.3) is 0 Å². The van der Waals surface area contributed by atoms with Gasteiger partial charge in [0, 0.05) is 6.42 Å². The van der Waals surface area contributed by atoms with E-state index in [1.807, 2.05) is 0 Å². The molecule has 0 saturated carbocycles. The second-order valence-corrected chi connectivity index (χ2v) is 5.91. The molecular weight excluding hydrogens is 326 g/mol. The van der Waals surface area contributed by atoms with Gasteiger partial charge in [0.05, 0.1) is 15.6 Å². The summed E-state index contributed by atoms with van der Waals surface area (Å²) in [5, 5.41) is 9.70. The highest BCUT2D eigenvalue weighted by atomic mass is 35.5. The minimum Gasteiger partial charge on any atom is -0.478 e. The Hall–Kier alpha value is -1.58. The van der Waals surface area contributed by atoms with Gasteiger partial charge in [-0.2, -0.15) is 0 Å². The van der Waals surface area contributed by atoms with Crippen LogP contribution in [0, 0.1) is 0 Å². The van der Waals surface area contributed by atoms with Gasteiger partial charge in [-0.25, -0.2) is 9.18 Å². The maximum Gasteiger partial charge on any atom is 0.335 e. The highest BCUT2D eigenvalue weighted by Crippen LogP contribution is 2.24. The van der Waals surface area contributed by atoms with E-state index >= 15 is 0 Å². The number of carboxylic acid groups (broad SMARTS) is 1. The molecule has 0 aromatic heterocycles. The van der Waals surface area contributed by atoms with Crippen molar-refractivity contribution in [1.82, 2.24) is 0 Å². The van der Waals surface area contributed by atoms with E-state index in [1.54, 1.807) is 30.3 Å². The molecule has 2 aromatic rings. The number of hydrogen-bond acceptors (Lipinski definition) is 1. The second-order valence-electron chi connectivity index (χ2n) is 5.09. The topological polar surface area (TPSA) is 37.3 Å². The van der Waals surface area contributed by atoms with Gasteiger partial charge in [-0.05, 0) is 48.2 Å². The maximum absolute atomic E-state index is 14.0. The molecule has 1 N–H and O–H groups in total. The van der Waals surface area contributed by atoms with E-state index in [0.29, 0.717) is 22.9 Å². The van der Waals surface area contributed by atoms with Gasteiger partial charge in [0.2, 0.25) is 0 Å². The zero-order valence-corrected chi connectivity index (χ0v) is 13.2. The largest absolute Gasteiger partial charge is 0.478 e. The molecule has 0 heterocycles. The molecule has 0 spiro atoms. The van der Waals surface area contributed by atoms with Crippen molar-refractivity contribution >= 4 is 29.2 Å². The summed E-state index contributed by atoms with van der Waals surface area (Å²) in [6.45, 7) is 0. The van der Waals surface area contributed by atoms with Crippen LogP contribution in [-0.4, -0.2) is 17.2 Å². The third-order valence-corrected chi connectivity index (χ3v) is 4.13. The molecule has 0 saturated heterocycles. The van der Waals surface area contributed by atoms with Crippen LogP contribution >= 0.6 is 23.2 Å². The smallest absolute Gasteiger partial charge is 0.335 e. The first-order chi connectivity index (χ1) is 10.5. The summed E-state index contributed by atoms with van der Waals surface area (Å²) >= 11 is 11.7. The number of rotatable bonds is 6. The number of aryl methyl sites for hydroxylation is 1. The second kappa shape index (κ2) is 7.61. The first-order valence-corrected chi connectivity index (χ1v) is 7.61. The minimum atomic E-state index is -0.989. The summed E-state index contributed by atoms with van der Waals surface area (Å²) in [7, 11) is 0. The molecule has 22 heavy (non-hydrogen) atoms. The van der Waals surface area contributed by atoms with Gasteiger partial charge in [-0.3, -0.25) is 0 Å². The molecule has 0 radical (unpaired) electrons. The molecule has 116 valence electrons. The monoisotopic (exact) mass is 340 g/mol. The zero-order chi connectivity index (χ0) is 16.1. The van der Waals surface area contributed by atoms with E-state index in [0.717, 1.165) is 11.1 Å². The summed E-state index contributed by atoms with van der Waals surface area (Å²) in [6.07, 6.45) is 0.218. The van der Waals surface area contributed by atoms with Gasteiger partial charge >= 0.3 is 5.97 Å². The molecule has 5 heteroatoms. The summed E-state index contributed by atoms with van der Waals surface area (Å²) in [5.41, 5.74) is 1.96. The number of aromatic carboxylic acids is 1. The normalized spacial score (nSPS) is 12.1. The maximum atomic E-state index is 14.0. The third kappa shape index (κ3) is 4.72. The molecule has 0 aliphatic rings. The number of hydrogen-bond donors (Lipinski definition) is 1. The lowest BCUT2D eigenvalue weighted by Gasteiger charge is -2.09. The fourth-order valence-electron chi connectivity index (χ4n) is 2.16. The van der Waals surface area contributed by atoms with Crippen LogP contribution in [0.3, 0.4) is 0 Å². The van der Waals surface area contributed by atoms with Crippen LogP contribution in [0.2, 0.25) is 10.0 Å². The van der Waals surface area contributed by atoms with Crippen molar-refractivity contribution in [2.45, 2.75) is 25.4 Å². The van der Waals surface area contributed by atoms with E-state index in [2.05, 4.69) is 0 Å². The van der Waals surface area contributed by atoms with E-state index in [-0.39, 0.29) is 12.0 Å². The molecule has 0 amide bonds. The van der Waals surface area contributed by atoms with Crippen molar-refractivity contribution in [3.63, 3.8) is 0 Å². The number of alkyl halides is 1. The lowest BCUT2D eigenvalue weighted by atomic mass is 10.0. The van der Waals surface area contributed by atoms with E-state index in [1.165, 1.54) is 12.1 Å². The predicted molar refractivity (Wildman–Crippen MR) is 86.8 cm³/mol. The van der Waals surface area contributed by atoms with Crippen LogP contribution in [0.4, 0.5) is 4.39 Å². The quantitative estimate of drug-likeness (QED) is 0.784. The minimum absolute atomic E-state index is 0.233. The average molecular weight is 341 g/mol. The zero-order valence-electron chi connectivity index (χ0n) is 11.7. The molecule has 2 rings (SSSR count). The van der Waals surface area contributed by atoms with Gasteiger partial charge < -0.3 is 5.11 Å². The van der Waals surface area contributed by atoms with Crippen molar-refractivity contribution in [3.8, 4) is 0 Å². The fourth-order valence-corrected chi connectivity index (χ4v) is 2.48. The number of carboxylic acids is 1. The molecule has 2 aromatic carbocycles. The Morgan fingerprint density at radius 3 is 2.27 bits per heavy atom. The molecule has 0 bridgehead atoms. The molecule has 0 aliphatic heterocycles. The predicted octanol–water partition coefficient (Wildman–Crippen LogP) is 5.21. The molecule has 2 nitrogen and oxygen atoms in total. The van der Waals surface area contributed by atoms with E-state index < -0.39 is 12.1 Å². The van der Waals surface area contributed by atoms with Crippen LogP contribution in [0.15, 0.2) is 42.5 Å². The summed E-state index contributed by atoms with van der Waals surface area (Å²) in [4.78, 5) is 10.8. The molecular formula is C17H15Cl2FO2. The standard InChI is InChI=1S/C17H15Cl2FO2/c18-15-8-4-12(10-16(15)19)9-14(20)7-3-11-1-5-13(6-2-11)17(21)22/h1-2,4-6,8,10,14H,3,7,9H2,(H,21,22). The van der Waals surface area contributed by atoms with Gasteiger partial charge in [-0.1, -0.05) is 41.4 Å². The Labute approximate surface area is 138 Å². The van der Waals surface area contributed by atoms with Crippen LogP contribution in [0.5, 0.6) is 0 Å². The fraction of sp³-hybridized carbons (Fsp3) is 0.235. The molecule has 1 atom stereocenters. The molecule has 0 fully saturated rings. The van der Waals surface area contributed by atoms with Crippen LogP contribution in [0.25, 0.3) is 0 Å². The van der Waals surface area contributed by atoms with Crippen molar-refractivity contribution in [3.05, 3.63) is 69.2 Å². The summed E-state index contributed by atoms with van der Waals surface area (Å²) < 4.78 is 14.0. The Bertz CT molecular complexity index is 656. The lowest BCUT2D eigenvalue weighted by molar-refractivity contribution is 0.0697. The van der Waals surface area contributed by atoms with Gasteiger partial charge in [0.15, 0.2) is 0 Å². The van der Waals surface area contributed by atoms with E-state index in [9.17, 15) is 9.18 Å². The number of halogens is 3. The van der Waals surface area contributed by atoms with Gasteiger partial charge in [0.1, 0.15) is 6.17 Å². The molecule has 0 aliphatic carbocycles. The number of carbonyl (C=O) groups is 1. The van der Waals surface area contributed by atoms with Crippen LogP contribution in [-0.2, 0) is 12.8 Å². The first-order valence-electron chi connectivity index (χ1n) is 6.86. The Morgan fingerprint density at radius 1 is 1.05 bits per heavy atom. The third-order valence-electron chi connectivity index (χ3n) is 3.39. The molecule has 1 unspecified atom stereocenters. The van der Waals surface area contributed by atoms with E-state index in [4.69, 9.17) is 28.3 Å². The Morgan fingerprint density at radius 2 is 1.68 bits per heavy atom. The van der Waals surface area contributed by atoms with Crippen LogP contribution < -0.4 is 0 Å². The summed E-state index contributed by atoms with van der Waals surface area (Å²) in [5.74, 6) is -0.963. The Balaban J connectivity index is 1.88. The average Bonchev–Trinajstić information content (AvgIpc) is 2.49. The highest BCUT2D eigenvalue weighted by Gasteiger charge is 2.10. The van der Waals surface area contributed by atoms with Crippen molar-refractivity contribution in [2.75, 3.05) is 0 Å². The number of benzene rings is 2. The van der Waals surface area contributed by atoms with Gasteiger partial charge in [-0.15, -0.1) is 0 Å². The summed E-state index contributed by atoms with van der Waals surface area (Å²) in [6, 6.07) is 11.6. The highest BCUT2D eigenvalue weighted by molar-refractivity contribution is 6.42. The SMILES string of the molecule is O=C(O)c1ccc(CCC(F)Cc2ccc(Cl)c(Cl)c2)cc1. The van der Waals surface area contributed by atoms with Crippen LogP contribution in [0.1, 0.15) is 27.9 Å². The van der Waals surface area contributed by atoms with Crippen molar-refractivity contribution in [1.29, 1.82) is 0 Å². The lowest BCUT2D eigenvalue weighted by Crippen LogP contribution is -2.06. The first kappa shape index (κ1) is 16.8.